The lowest BCUT2D eigenvalue weighted by molar-refractivity contribution is -0.380. The molecule has 12 heteroatoms. The topological polar surface area (TPSA) is 123 Å². The highest BCUT2D eigenvalue weighted by Gasteiger charge is 2.18. The molecule has 3 aromatic heterocycles. The molecular formula is C11H11N7O2S3. The molecule has 0 aliphatic rings. The van der Waals surface area contributed by atoms with Gasteiger partial charge < -0.3 is 5.32 Å². The quantitative estimate of drug-likeness (QED) is 0.399. The van der Waals surface area contributed by atoms with Gasteiger partial charge in [-0.3, -0.25) is 10.1 Å². The first-order valence-corrected chi connectivity index (χ1v) is 8.77. The number of aryl methyl sites for hydroxylation is 2. The van der Waals surface area contributed by atoms with E-state index >= 15 is 0 Å². The lowest BCUT2D eigenvalue weighted by atomic mass is 10.4. The van der Waals surface area contributed by atoms with Crippen molar-refractivity contribution in [2.75, 3.05) is 10.3 Å². The second kappa shape index (κ2) is 6.16. The lowest BCUT2D eigenvalue weighted by Crippen LogP contribution is -2.24. The number of hydrogen-bond donors (Lipinski definition) is 2. The number of rotatable bonds is 5. The normalized spacial score (nSPS) is 10.7. The van der Waals surface area contributed by atoms with Crippen molar-refractivity contribution in [1.82, 2.24) is 15.0 Å². The SMILES string of the molecule is Cc1nc(Nc2csc(N(N)c3ncc([N+](=O)[O-])s3)n2)sc1C. The van der Waals surface area contributed by atoms with Crippen molar-refractivity contribution in [1.29, 1.82) is 0 Å². The van der Waals surface area contributed by atoms with Crippen LogP contribution in [-0.2, 0) is 0 Å². The van der Waals surface area contributed by atoms with E-state index in [0.29, 0.717) is 16.1 Å². The number of hydrazine groups is 1. The Kier molecular flexibility index (Phi) is 4.21. The van der Waals surface area contributed by atoms with Crippen LogP contribution in [0.2, 0.25) is 0 Å². The van der Waals surface area contributed by atoms with Crippen LogP contribution in [0.1, 0.15) is 10.6 Å². The maximum absolute atomic E-state index is 10.7. The Balaban J connectivity index is 1.76. The average Bonchev–Trinajstić information content (AvgIpc) is 3.20. The van der Waals surface area contributed by atoms with Gasteiger partial charge in [0, 0.05) is 10.3 Å². The summed E-state index contributed by atoms with van der Waals surface area (Å²) in [6.45, 7) is 3.95. The van der Waals surface area contributed by atoms with Crippen molar-refractivity contribution in [3.63, 3.8) is 0 Å². The molecule has 9 nitrogen and oxygen atoms in total. The third-order valence-electron chi connectivity index (χ3n) is 2.83. The van der Waals surface area contributed by atoms with Crippen molar-refractivity contribution >= 4 is 60.2 Å². The molecule has 3 rings (SSSR count). The highest BCUT2D eigenvalue weighted by Crippen LogP contribution is 2.34. The summed E-state index contributed by atoms with van der Waals surface area (Å²) in [5, 5.41) is 18.3. The maximum atomic E-state index is 10.7. The van der Waals surface area contributed by atoms with Gasteiger partial charge >= 0.3 is 5.00 Å². The molecule has 0 spiro atoms. The van der Waals surface area contributed by atoms with Crippen molar-refractivity contribution in [2.45, 2.75) is 13.8 Å². The molecule has 0 fully saturated rings. The summed E-state index contributed by atoms with van der Waals surface area (Å²) in [6, 6.07) is 0. The largest absolute Gasteiger partial charge is 0.345 e. The fourth-order valence-corrected chi connectivity index (χ4v) is 3.82. The summed E-state index contributed by atoms with van der Waals surface area (Å²) < 4.78 is 0. The van der Waals surface area contributed by atoms with Gasteiger partial charge in [0.2, 0.25) is 10.3 Å². The number of thiazole rings is 3. The molecule has 3 aromatic rings. The van der Waals surface area contributed by atoms with E-state index in [-0.39, 0.29) is 5.00 Å². The van der Waals surface area contributed by atoms with E-state index in [9.17, 15) is 10.1 Å². The van der Waals surface area contributed by atoms with Crippen molar-refractivity contribution in [2.24, 2.45) is 5.84 Å². The van der Waals surface area contributed by atoms with Crippen LogP contribution in [0.3, 0.4) is 0 Å². The van der Waals surface area contributed by atoms with Crippen LogP contribution in [0.15, 0.2) is 11.6 Å². The van der Waals surface area contributed by atoms with E-state index in [0.717, 1.165) is 27.0 Å². The van der Waals surface area contributed by atoms with E-state index in [1.165, 1.54) is 22.5 Å². The van der Waals surface area contributed by atoms with Gasteiger partial charge in [-0.15, -0.1) is 22.7 Å². The summed E-state index contributed by atoms with van der Waals surface area (Å²) >= 11 is 3.73. The molecule has 120 valence electrons. The first-order chi connectivity index (χ1) is 10.9. The molecule has 0 saturated heterocycles. The molecule has 0 unspecified atom stereocenters. The smallest absolute Gasteiger partial charge is 0.315 e. The Morgan fingerprint density at radius 1 is 1.30 bits per heavy atom. The number of nitrogens with two attached hydrogens (primary N) is 1. The second-order valence-electron chi connectivity index (χ2n) is 4.41. The van der Waals surface area contributed by atoms with E-state index in [1.54, 1.807) is 16.7 Å². The molecule has 0 aliphatic heterocycles. The Bertz CT molecular complexity index is 836. The fraction of sp³-hybridized carbons (Fsp3) is 0.182. The fourth-order valence-electron chi connectivity index (χ4n) is 1.60. The summed E-state index contributed by atoms with van der Waals surface area (Å²) in [6.07, 6.45) is 1.17. The van der Waals surface area contributed by atoms with Crippen molar-refractivity contribution < 1.29 is 4.92 Å². The van der Waals surface area contributed by atoms with Gasteiger partial charge in [-0.1, -0.05) is 0 Å². The third-order valence-corrected chi connectivity index (χ3v) is 5.61. The third kappa shape index (κ3) is 3.29. The minimum Gasteiger partial charge on any atom is -0.315 e. The number of nitro groups is 1. The second-order valence-corrected chi connectivity index (χ2v) is 7.44. The van der Waals surface area contributed by atoms with Crippen LogP contribution in [0, 0.1) is 24.0 Å². The van der Waals surface area contributed by atoms with Crippen LogP contribution >= 0.6 is 34.0 Å². The van der Waals surface area contributed by atoms with Crippen LogP contribution in [-0.4, -0.2) is 19.9 Å². The first-order valence-electron chi connectivity index (χ1n) is 6.25. The number of aromatic nitrogens is 3. The number of nitrogens with zero attached hydrogens (tertiary/aromatic N) is 5. The van der Waals surface area contributed by atoms with Gasteiger partial charge in [-0.25, -0.2) is 25.8 Å². The molecule has 0 saturated carbocycles. The van der Waals surface area contributed by atoms with E-state index in [1.807, 2.05) is 13.8 Å². The summed E-state index contributed by atoms with van der Waals surface area (Å²) in [5.74, 6) is 6.54. The van der Waals surface area contributed by atoms with Gasteiger partial charge in [0.15, 0.2) is 5.13 Å². The Labute approximate surface area is 142 Å². The Hall–Kier alpha value is -2.15. The zero-order valence-electron chi connectivity index (χ0n) is 12.0. The van der Waals surface area contributed by atoms with Gasteiger partial charge in [-0.2, -0.15) is 0 Å². The summed E-state index contributed by atoms with van der Waals surface area (Å²) in [4.78, 5) is 24.0. The van der Waals surface area contributed by atoms with Crippen LogP contribution < -0.4 is 16.2 Å². The van der Waals surface area contributed by atoms with Gasteiger partial charge in [0.05, 0.1) is 10.6 Å². The zero-order valence-corrected chi connectivity index (χ0v) is 14.5. The van der Waals surface area contributed by atoms with Gasteiger partial charge in [-0.05, 0) is 25.2 Å². The first kappa shape index (κ1) is 15.7. The molecule has 0 aromatic carbocycles. The van der Waals surface area contributed by atoms with Crippen LogP contribution in [0.25, 0.3) is 0 Å². The predicted molar refractivity (Wildman–Crippen MR) is 92.1 cm³/mol. The van der Waals surface area contributed by atoms with Crippen LogP contribution in [0.5, 0.6) is 0 Å². The van der Waals surface area contributed by atoms with Crippen molar-refractivity contribution in [3.05, 3.63) is 32.3 Å². The molecule has 0 bridgehead atoms. The minimum atomic E-state index is -0.503. The molecule has 3 heterocycles. The lowest BCUT2D eigenvalue weighted by Gasteiger charge is -2.09. The molecule has 0 radical (unpaired) electrons. The highest BCUT2D eigenvalue weighted by atomic mass is 32.1. The predicted octanol–water partition coefficient (Wildman–Crippen LogP) is 3.34. The summed E-state index contributed by atoms with van der Waals surface area (Å²) in [7, 11) is 0. The number of nitrogens with one attached hydrogen (secondary N) is 1. The Morgan fingerprint density at radius 3 is 2.70 bits per heavy atom. The van der Waals surface area contributed by atoms with E-state index in [2.05, 4.69) is 20.3 Å². The standard InChI is InChI=1S/C11H11N7O2S3/c1-5-6(2)22-9(14-5)15-7-4-21-11(16-7)17(12)10-13-3-8(23-10)18(19)20/h3-4H,12H2,1-2H3,(H,14,15). The molecule has 0 aliphatic carbocycles. The maximum Gasteiger partial charge on any atom is 0.345 e. The van der Waals surface area contributed by atoms with E-state index in [4.69, 9.17) is 5.84 Å². The monoisotopic (exact) mass is 369 g/mol. The molecule has 23 heavy (non-hydrogen) atoms. The highest BCUT2D eigenvalue weighted by molar-refractivity contribution is 7.19. The van der Waals surface area contributed by atoms with Crippen molar-refractivity contribution in [3.8, 4) is 0 Å². The molecular weight excluding hydrogens is 358 g/mol. The van der Waals surface area contributed by atoms with Crippen LogP contribution in [0.4, 0.5) is 26.2 Å². The number of anilines is 4. The minimum absolute atomic E-state index is 0.0703. The molecule has 0 atom stereocenters. The Morgan fingerprint density at radius 2 is 2.09 bits per heavy atom. The van der Waals surface area contributed by atoms with Gasteiger partial charge in [0.25, 0.3) is 0 Å². The van der Waals surface area contributed by atoms with Gasteiger partial charge in [0.1, 0.15) is 12.0 Å². The summed E-state index contributed by atoms with van der Waals surface area (Å²) in [5.41, 5.74) is 0.975. The molecule has 0 amide bonds. The zero-order chi connectivity index (χ0) is 16.6. The van der Waals surface area contributed by atoms with E-state index < -0.39 is 4.92 Å². The number of hydrogen-bond acceptors (Lipinski definition) is 11. The molecule has 3 N–H and O–H groups in total. The average molecular weight is 369 g/mol.